The maximum absolute atomic E-state index is 4.42. The highest BCUT2D eigenvalue weighted by atomic mass is 15.3. The maximum atomic E-state index is 4.42. The molecular formula is C11H18N2. The smallest absolute Gasteiger partial charge is 0.0524 e. The van der Waals surface area contributed by atoms with E-state index in [4.69, 9.17) is 0 Å². The summed E-state index contributed by atoms with van der Waals surface area (Å²) >= 11 is 0. The molecule has 2 heteroatoms. The molecule has 0 aromatic carbocycles. The van der Waals surface area contributed by atoms with Crippen LogP contribution < -0.4 is 0 Å². The summed E-state index contributed by atoms with van der Waals surface area (Å²) in [5.41, 5.74) is 1.35. The molecule has 1 saturated carbocycles. The van der Waals surface area contributed by atoms with Crippen LogP contribution in [0, 0.1) is 5.92 Å². The minimum atomic E-state index is 0.597. The lowest BCUT2D eigenvalue weighted by Crippen LogP contribution is -2.07. The fourth-order valence-corrected chi connectivity index (χ4v) is 1.67. The van der Waals surface area contributed by atoms with Crippen LogP contribution in [0.25, 0.3) is 0 Å². The Labute approximate surface area is 80.0 Å². The van der Waals surface area contributed by atoms with E-state index < -0.39 is 0 Å². The molecule has 0 aliphatic heterocycles. The molecule has 1 aliphatic carbocycles. The molecule has 1 atom stereocenters. The van der Waals surface area contributed by atoms with Gasteiger partial charge < -0.3 is 0 Å². The Balaban J connectivity index is 2.11. The molecule has 1 aliphatic rings. The first-order valence-electron chi connectivity index (χ1n) is 5.22. The third kappa shape index (κ3) is 1.77. The molecule has 72 valence electrons. The molecule has 0 amide bonds. The van der Waals surface area contributed by atoms with Gasteiger partial charge >= 0.3 is 0 Å². The van der Waals surface area contributed by atoms with E-state index in [2.05, 4.69) is 36.7 Å². The monoisotopic (exact) mass is 178 g/mol. The van der Waals surface area contributed by atoms with Crippen molar-refractivity contribution in [3.05, 3.63) is 18.0 Å². The normalized spacial score (nSPS) is 19.4. The van der Waals surface area contributed by atoms with Gasteiger partial charge in [-0.15, -0.1) is 0 Å². The van der Waals surface area contributed by atoms with Gasteiger partial charge in [0.25, 0.3) is 0 Å². The van der Waals surface area contributed by atoms with Crippen LogP contribution in [0.1, 0.15) is 51.1 Å². The van der Waals surface area contributed by atoms with Crippen molar-refractivity contribution >= 4 is 0 Å². The van der Waals surface area contributed by atoms with Gasteiger partial charge in [-0.2, -0.15) is 5.10 Å². The zero-order valence-electron chi connectivity index (χ0n) is 8.70. The molecule has 2 rings (SSSR count). The van der Waals surface area contributed by atoms with E-state index in [0.717, 1.165) is 5.92 Å². The summed E-state index contributed by atoms with van der Waals surface area (Å²) < 4.78 is 2.13. The van der Waals surface area contributed by atoms with Crippen molar-refractivity contribution in [2.24, 2.45) is 5.92 Å². The van der Waals surface area contributed by atoms with Crippen LogP contribution in [-0.2, 0) is 0 Å². The van der Waals surface area contributed by atoms with E-state index in [-0.39, 0.29) is 0 Å². The zero-order chi connectivity index (χ0) is 9.42. The summed E-state index contributed by atoms with van der Waals surface area (Å²) in [5, 5.41) is 4.42. The van der Waals surface area contributed by atoms with E-state index in [1.807, 2.05) is 6.20 Å². The molecule has 1 fully saturated rings. The van der Waals surface area contributed by atoms with Crippen molar-refractivity contribution in [2.45, 2.75) is 45.6 Å². The SMILES string of the molecule is CC(C)c1cnn(C(C)C2CC2)c1. The van der Waals surface area contributed by atoms with Gasteiger partial charge in [-0.25, -0.2) is 0 Å². The van der Waals surface area contributed by atoms with Crippen molar-refractivity contribution in [1.29, 1.82) is 0 Å². The Hall–Kier alpha value is -0.790. The predicted octanol–water partition coefficient (Wildman–Crippen LogP) is 2.98. The van der Waals surface area contributed by atoms with Gasteiger partial charge in [-0.1, -0.05) is 13.8 Å². The zero-order valence-corrected chi connectivity index (χ0v) is 8.70. The van der Waals surface area contributed by atoms with Gasteiger partial charge in [0.15, 0.2) is 0 Å². The summed E-state index contributed by atoms with van der Waals surface area (Å²) in [6.45, 7) is 6.70. The Morgan fingerprint density at radius 3 is 2.54 bits per heavy atom. The molecule has 1 heterocycles. The topological polar surface area (TPSA) is 17.8 Å². The fourth-order valence-electron chi connectivity index (χ4n) is 1.67. The minimum Gasteiger partial charge on any atom is -0.269 e. The Kier molecular flexibility index (Phi) is 2.14. The van der Waals surface area contributed by atoms with Crippen molar-refractivity contribution in [2.75, 3.05) is 0 Å². The van der Waals surface area contributed by atoms with E-state index in [1.165, 1.54) is 18.4 Å². The van der Waals surface area contributed by atoms with Crippen LogP contribution in [0.2, 0.25) is 0 Å². The molecule has 1 aromatic heterocycles. The number of aromatic nitrogens is 2. The van der Waals surface area contributed by atoms with E-state index >= 15 is 0 Å². The lowest BCUT2D eigenvalue weighted by molar-refractivity contribution is 0.439. The standard InChI is InChI=1S/C11H18N2/c1-8(2)11-6-12-13(7-11)9(3)10-4-5-10/h6-10H,4-5H2,1-3H3. The second-order valence-electron chi connectivity index (χ2n) is 4.49. The highest BCUT2D eigenvalue weighted by molar-refractivity contribution is 5.09. The molecule has 0 radical (unpaired) electrons. The van der Waals surface area contributed by atoms with Crippen molar-refractivity contribution < 1.29 is 0 Å². The molecule has 0 saturated heterocycles. The molecule has 0 spiro atoms. The van der Waals surface area contributed by atoms with Crippen LogP contribution in [0.15, 0.2) is 12.4 Å². The van der Waals surface area contributed by atoms with Gasteiger partial charge in [0.2, 0.25) is 0 Å². The molecule has 1 unspecified atom stereocenters. The Morgan fingerprint density at radius 1 is 1.38 bits per heavy atom. The van der Waals surface area contributed by atoms with Gasteiger partial charge in [0, 0.05) is 6.20 Å². The highest BCUT2D eigenvalue weighted by Crippen LogP contribution is 2.39. The van der Waals surface area contributed by atoms with Gasteiger partial charge in [0.1, 0.15) is 0 Å². The summed E-state index contributed by atoms with van der Waals surface area (Å²) in [6.07, 6.45) is 6.98. The van der Waals surface area contributed by atoms with E-state index in [0.29, 0.717) is 12.0 Å². The number of hydrogen-bond donors (Lipinski definition) is 0. The van der Waals surface area contributed by atoms with Gasteiger partial charge in [0.05, 0.1) is 12.2 Å². The second-order valence-corrected chi connectivity index (χ2v) is 4.49. The average Bonchev–Trinajstić information content (AvgIpc) is 2.81. The summed E-state index contributed by atoms with van der Waals surface area (Å²) in [7, 11) is 0. The van der Waals surface area contributed by atoms with Crippen LogP contribution >= 0.6 is 0 Å². The lowest BCUT2D eigenvalue weighted by Gasteiger charge is -2.09. The minimum absolute atomic E-state index is 0.597. The van der Waals surface area contributed by atoms with Crippen LogP contribution in [0.5, 0.6) is 0 Å². The third-order valence-corrected chi connectivity index (χ3v) is 3.01. The molecule has 2 nitrogen and oxygen atoms in total. The van der Waals surface area contributed by atoms with Crippen molar-refractivity contribution in [1.82, 2.24) is 9.78 Å². The number of hydrogen-bond acceptors (Lipinski definition) is 1. The molecule has 0 bridgehead atoms. The first-order chi connectivity index (χ1) is 6.18. The van der Waals surface area contributed by atoms with Gasteiger partial charge in [-0.3, -0.25) is 4.68 Å². The largest absolute Gasteiger partial charge is 0.269 e. The molecule has 1 aromatic rings. The van der Waals surface area contributed by atoms with E-state index in [9.17, 15) is 0 Å². The first kappa shape index (κ1) is 8.79. The Morgan fingerprint density at radius 2 is 2.08 bits per heavy atom. The predicted molar refractivity (Wildman–Crippen MR) is 53.8 cm³/mol. The summed E-state index contributed by atoms with van der Waals surface area (Å²) in [5.74, 6) is 1.49. The summed E-state index contributed by atoms with van der Waals surface area (Å²) in [4.78, 5) is 0. The first-order valence-corrected chi connectivity index (χ1v) is 5.22. The number of rotatable bonds is 3. The highest BCUT2D eigenvalue weighted by Gasteiger charge is 2.29. The molecular weight excluding hydrogens is 160 g/mol. The molecule has 13 heavy (non-hydrogen) atoms. The van der Waals surface area contributed by atoms with Crippen LogP contribution in [-0.4, -0.2) is 9.78 Å². The van der Waals surface area contributed by atoms with E-state index in [1.54, 1.807) is 0 Å². The fraction of sp³-hybridized carbons (Fsp3) is 0.727. The van der Waals surface area contributed by atoms with Crippen LogP contribution in [0.3, 0.4) is 0 Å². The lowest BCUT2D eigenvalue weighted by atomic mass is 10.1. The Bertz CT molecular complexity index is 284. The van der Waals surface area contributed by atoms with Crippen molar-refractivity contribution in [3.8, 4) is 0 Å². The molecule has 0 N–H and O–H groups in total. The van der Waals surface area contributed by atoms with Crippen molar-refractivity contribution in [3.63, 3.8) is 0 Å². The second kappa shape index (κ2) is 3.17. The van der Waals surface area contributed by atoms with Gasteiger partial charge in [-0.05, 0) is 37.2 Å². The average molecular weight is 178 g/mol. The number of nitrogens with zero attached hydrogens (tertiary/aromatic N) is 2. The third-order valence-electron chi connectivity index (χ3n) is 3.01. The quantitative estimate of drug-likeness (QED) is 0.695. The summed E-state index contributed by atoms with van der Waals surface area (Å²) in [6, 6.07) is 0.604. The van der Waals surface area contributed by atoms with Crippen LogP contribution in [0.4, 0.5) is 0 Å². The maximum Gasteiger partial charge on any atom is 0.0524 e.